The van der Waals surface area contributed by atoms with Gasteiger partial charge in [-0.2, -0.15) is 10.2 Å². The molecule has 24 nitrogen and oxygen atoms in total. The molecular weight excluding hydrogens is 1370 g/mol. The quantitative estimate of drug-likeness (QED) is 0.0123. The van der Waals surface area contributed by atoms with Crippen LogP contribution >= 0.6 is 23.2 Å². The number of hydrogen-bond donors (Lipinski definition) is 4. The Morgan fingerprint density at radius 1 is 0.564 bits per heavy atom. The maximum Gasteiger partial charge on any atom is 0.418 e. The van der Waals surface area contributed by atoms with Crippen molar-refractivity contribution in [2.45, 2.75) is 165 Å². The predicted molar refractivity (Wildman–Crippen MR) is 386 cm³/mol. The molecule has 2 aliphatic heterocycles. The molecule has 538 valence electrons. The smallest absolute Gasteiger partial charge is 0.418 e. The number of cyclic esters (lactones) is 1. The number of carbonyl (C=O) groups excluding carboxylic acids is 8. The lowest BCUT2D eigenvalue weighted by molar-refractivity contribution is -0.133. The van der Waals surface area contributed by atoms with Crippen molar-refractivity contribution in [2.24, 2.45) is 14.1 Å². The summed E-state index contributed by atoms with van der Waals surface area (Å²) in [6, 6.07) is 31.3. The second kappa shape index (κ2) is 36.6. The number of urea groups is 1. The second-order valence-electron chi connectivity index (χ2n) is 24.9. The molecule has 3 unspecified atom stereocenters. The van der Waals surface area contributed by atoms with E-state index < -0.39 is 85.6 Å². The predicted octanol–water partition coefficient (Wildman–Crippen LogP) is 12.8. The van der Waals surface area contributed by atoms with Crippen molar-refractivity contribution in [1.82, 2.24) is 43.7 Å². The van der Waals surface area contributed by atoms with Gasteiger partial charge >= 0.3 is 12.1 Å². The van der Waals surface area contributed by atoms with Crippen LogP contribution in [0.4, 0.5) is 21.0 Å². The number of amides is 7. The molecule has 0 radical (unpaired) electrons. The molecule has 0 spiro atoms. The number of aryl methyl sites for hydroxylation is 3. The Morgan fingerprint density at radius 2 is 1.06 bits per heavy atom. The number of nitrogens with zero attached hydrogens (tertiary/aromatic N) is 7. The number of aromatic nitrogens is 4. The van der Waals surface area contributed by atoms with Crippen LogP contribution in [0.3, 0.4) is 0 Å². The summed E-state index contributed by atoms with van der Waals surface area (Å²) in [4.78, 5) is 112. The normalized spacial score (nSPS) is 14.6. The van der Waals surface area contributed by atoms with Gasteiger partial charge in [0.15, 0.2) is 18.2 Å². The first kappa shape index (κ1) is 77.8. The molecule has 0 saturated carbocycles. The number of carbonyl (C=O) groups is 8. The van der Waals surface area contributed by atoms with Crippen LogP contribution in [0.15, 0.2) is 143 Å². The Hall–Kier alpha value is -8.92. The zero-order valence-electron chi connectivity index (χ0n) is 57.6. The van der Waals surface area contributed by atoms with Gasteiger partial charge < -0.3 is 20.3 Å². The van der Waals surface area contributed by atoms with Crippen molar-refractivity contribution in [3.05, 3.63) is 166 Å². The maximum absolute atomic E-state index is 14.6. The lowest BCUT2D eigenvalue weighted by Crippen LogP contribution is -2.52. The summed E-state index contributed by atoms with van der Waals surface area (Å²) in [6.45, 7) is 7.63. The van der Waals surface area contributed by atoms with Crippen LogP contribution in [0.2, 0.25) is 10.0 Å². The van der Waals surface area contributed by atoms with Crippen molar-refractivity contribution >= 4 is 102 Å². The van der Waals surface area contributed by atoms with Gasteiger partial charge in [0.25, 0.3) is 23.6 Å². The molecule has 2 aromatic heterocycles. The number of unbranched alkanes of at least 4 members (excludes halogenated alkanes) is 14. The molecule has 28 heteroatoms. The maximum atomic E-state index is 14.6. The number of nitrogens with one attached hydrogen (secondary N) is 4. The van der Waals surface area contributed by atoms with Crippen molar-refractivity contribution in [3.63, 3.8) is 0 Å². The Kier molecular flexibility index (Phi) is 28.2. The third-order valence-corrected chi connectivity index (χ3v) is 20.8. The Morgan fingerprint density at radius 3 is 1.57 bits per heavy atom. The summed E-state index contributed by atoms with van der Waals surface area (Å²) in [7, 11) is -4.60. The van der Waals surface area contributed by atoms with E-state index in [2.05, 4.69) is 44.1 Å². The van der Waals surface area contributed by atoms with Crippen molar-refractivity contribution in [1.29, 1.82) is 0 Å². The van der Waals surface area contributed by atoms with Crippen LogP contribution in [-0.4, -0.2) is 136 Å². The molecule has 7 aromatic rings. The van der Waals surface area contributed by atoms with E-state index in [-0.39, 0.29) is 68.8 Å². The largest absolute Gasteiger partial charge is 0.436 e. The molecule has 2 saturated heterocycles. The highest BCUT2D eigenvalue weighted by Gasteiger charge is 2.51. The van der Waals surface area contributed by atoms with Crippen LogP contribution in [0.1, 0.15) is 156 Å². The highest BCUT2D eigenvalue weighted by Crippen LogP contribution is 2.37. The Bertz CT molecular complexity index is 4310. The van der Waals surface area contributed by atoms with Crippen LogP contribution in [0.5, 0.6) is 0 Å². The Labute approximate surface area is 599 Å². The number of halogens is 2. The summed E-state index contributed by atoms with van der Waals surface area (Å²) >= 11 is 12.9. The van der Waals surface area contributed by atoms with Crippen molar-refractivity contribution < 1.29 is 59.9 Å². The monoisotopic (exact) mass is 1460 g/mol. The first-order valence-electron chi connectivity index (χ1n) is 34.0. The van der Waals surface area contributed by atoms with E-state index in [9.17, 15) is 55.2 Å². The van der Waals surface area contributed by atoms with E-state index >= 15 is 0 Å². The zero-order chi connectivity index (χ0) is 73.0. The molecule has 101 heavy (non-hydrogen) atoms. The van der Waals surface area contributed by atoms with E-state index in [4.69, 9.17) is 27.9 Å². The third kappa shape index (κ3) is 20.2. The van der Waals surface area contributed by atoms with Crippen LogP contribution in [-0.2, 0) is 64.6 Å². The van der Waals surface area contributed by atoms with Gasteiger partial charge in [0, 0.05) is 50.6 Å². The lowest BCUT2D eigenvalue weighted by Gasteiger charge is -2.24. The molecule has 9 rings (SSSR count). The number of rotatable bonds is 36. The number of imide groups is 2. The summed E-state index contributed by atoms with van der Waals surface area (Å²) in [5, 5.41) is 13.6. The molecule has 2 aliphatic rings. The fraction of sp³-hybridized carbons (Fsp3) is 0.397. The van der Waals surface area contributed by atoms with Gasteiger partial charge in [-0.1, -0.05) is 218 Å². The minimum atomic E-state index is -3.96. The van der Waals surface area contributed by atoms with Gasteiger partial charge in [-0.25, -0.2) is 45.7 Å². The van der Waals surface area contributed by atoms with Gasteiger partial charge in [-0.15, -0.1) is 0 Å². The molecule has 4 N–H and O–H groups in total. The minimum Gasteiger partial charge on any atom is -0.436 e. The van der Waals surface area contributed by atoms with E-state index in [1.807, 2.05) is 42.5 Å². The van der Waals surface area contributed by atoms with Gasteiger partial charge in [-0.3, -0.25) is 38.1 Å². The first-order valence-corrected chi connectivity index (χ1v) is 37.7. The molecule has 7 amide bonds. The number of anilines is 2. The fourth-order valence-corrected chi connectivity index (χ4v) is 14.4. The number of sulfonamides is 2. The van der Waals surface area contributed by atoms with Crippen molar-refractivity contribution in [2.75, 3.05) is 30.3 Å². The summed E-state index contributed by atoms with van der Waals surface area (Å²) < 4.78 is 65.4. The highest BCUT2D eigenvalue weighted by molar-refractivity contribution is 7.89. The SMILES string of the molecule is CCCCCCCCCCCCNS(=O)(=O)c1ccc(Cl)c(NC(=O)C(C(=O)c2cc(C)n(C)n2)N2C(=O)CN(Cc3ccccc3)C2=O)c1.CCCCCCCCNS(=O)(=O)c1ccc(NC(=O)C(C(=O)c2nn(C)c(-c3ccccc3)c2-c2ccccc2)N2C(=O)OC(C)C2=O)c(Cl)c1. The average Bonchev–Trinajstić information content (AvgIpc) is 1.63. The minimum absolute atomic E-state index is 0.00310. The molecule has 3 atom stereocenters. The van der Waals surface area contributed by atoms with Gasteiger partial charge in [0.1, 0.15) is 17.9 Å². The molecule has 5 aromatic carbocycles. The molecule has 2 fully saturated rings. The van der Waals surface area contributed by atoms with E-state index in [1.54, 1.807) is 69.6 Å². The summed E-state index contributed by atoms with van der Waals surface area (Å²) in [5.74, 6) is -5.59. The van der Waals surface area contributed by atoms with Gasteiger partial charge in [0.2, 0.25) is 31.6 Å². The number of benzene rings is 5. The average molecular weight is 1460 g/mol. The standard InChI is InChI=1S/C37H40ClN5O7S.C36H47ClN6O6S/c1-4-5-6-7-8-15-22-39-51(48,49)27-20-21-29(28(38)23-27)40-35(45)33(43-36(46)24(2)50-37(43)47)34(44)31-30(25-16-11-9-12-17-25)32(42(3)41-31)26-18-13-10-14-19-26;1-4-5-6-7-8-9-10-11-12-16-21-38-50(48,49)28-19-20-29(37)30(23-28)39-35(46)33(34(45)31-22-26(2)41(3)40-31)43-32(44)25-42(36(43)47)24-27-17-14-13-15-18-27/h9-14,16-21,23-24,33,39H,4-8,15,22H2,1-3H3,(H,40,45);13-15,17-20,22-23,33,38H,4-12,16,21,24-25H2,1-3H3,(H,39,46). The summed E-state index contributed by atoms with van der Waals surface area (Å²) in [5.41, 5.74) is 3.25. The van der Waals surface area contributed by atoms with E-state index in [0.29, 0.717) is 45.2 Å². The number of Topliss-reactive ketones (excluding diaryl/α,β-unsaturated/α-hetero) is 2. The fourth-order valence-electron chi connectivity index (χ4n) is 11.7. The molecular formula is C73H87Cl2N11O13S2. The highest BCUT2D eigenvalue weighted by atomic mass is 35.5. The Balaban J connectivity index is 0.000000257. The zero-order valence-corrected chi connectivity index (χ0v) is 60.7. The number of ether oxygens (including phenoxy) is 1. The van der Waals surface area contributed by atoms with E-state index in [1.165, 1.54) is 102 Å². The van der Waals surface area contributed by atoms with Crippen LogP contribution < -0.4 is 20.1 Å². The van der Waals surface area contributed by atoms with Crippen molar-refractivity contribution in [3.8, 4) is 22.4 Å². The van der Waals surface area contributed by atoms with Gasteiger partial charge in [0.05, 0.1) is 36.9 Å². The van der Waals surface area contributed by atoms with Crippen LogP contribution in [0.25, 0.3) is 22.4 Å². The van der Waals surface area contributed by atoms with Crippen LogP contribution in [0, 0.1) is 6.92 Å². The number of hydrogen-bond acceptors (Lipinski definition) is 15. The topological polar surface area (TPSA) is 308 Å². The second-order valence-corrected chi connectivity index (χ2v) is 29.2. The third-order valence-electron chi connectivity index (χ3n) is 17.3. The lowest BCUT2D eigenvalue weighted by atomic mass is 9.94. The number of ketones is 2. The van der Waals surface area contributed by atoms with Gasteiger partial charge in [-0.05, 0) is 80.3 Å². The molecule has 4 heterocycles. The molecule has 0 bridgehead atoms. The van der Waals surface area contributed by atoms with E-state index in [0.717, 1.165) is 62.5 Å². The first-order chi connectivity index (χ1) is 48.4. The molecule has 0 aliphatic carbocycles. The summed E-state index contributed by atoms with van der Waals surface area (Å²) in [6.07, 6.45) is 14.8.